The number of amides is 1. The van der Waals surface area contributed by atoms with E-state index in [1.807, 2.05) is 6.07 Å². The molecule has 0 spiro atoms. The SMILES string of the molecule is COc1ccc(SC)cc1CN[C@H]1[C@H]2CCN(C[C@@H]2C(N)=O)[C@@H]1C(c1ccccc1)c1ccccc1. The van der Waals surface area contributed by atoms with Crippen LogP contribution in [0.4, 0.5) is 0 Å². The molecule has 2 bridgehead atoms. The zero-order valence-corrected chi connectivity index (χ0v) is 21.8. The normalized spacial score (nSPS) is 25.1. The van der Waals surface area contributed by atoms with Crippen molar-refractivity contribution in [3.63, 3.8) is 0 Å². The summed E-state index contributed by atoms with van der Waals surface area (Å²) in [6.07, 6.45) is 3.06. The van der Waals surface area contributed by atoms with Gasteiger partial charge in [-0.3, -0.25) is 9.69 Å². The monoisotopic (exact) mass is 501 g/mol. The number of nitrogens with one attached hydrogen (secondary N) is 1. The number of benzene rings is 3. The van der Waals surface area contributed by atoms with Gasteiger partial charge in [0.2, 0.25) is 5.91 Å². The molecule has 3 saturated heterocycles. The minimum absolute atomic E-state index is 0.109. The van der Waals surface area contributed by atoms with Crippen LogP contribution in [-0.4, -0.2) is 49.3 Å². The highest BCUT2D eigenvalue weighted by atomic mass is 32.2. The van der Waals surface area contributed by atoms with E-state index < -0.39 is 0 Å². The average Bonchev–Trinajstić information content (AvgIpc) is 2.93. The summed E-state index contributed by atoms with van der Waals surface area (Å²) in [5.41, 5.74) is 9.66. The molecule has 6 rings (SSSR count). The molecule has 3 aromatic rings. The molecule has 0 saturated carbocycles. The Balaban J connectivity index is 1.54. The molecule has 1 unspecified atom stereocenters. The first-order chi connectivity index (χ1) is 17.6. The second-order valence-electron chi connectivity index (χ2n) is 9.83. The number of methoxy groups -OCH3 is 1. The number of rotatable bonds is 9. The average molecular weight is 502 g/mol. The van der Waals surface area contributed by atoms with Crippen LogP contribution in [0.3, 0.4) is 0 Å². The number of hydrogen-bond donors (Lipinski definition) is 2. The molecule has 3 aromatic carbocycles. The van der Waals surface area contributed by atoms with E-state index in [0.717, 1.165) is 30.8 Å². The minimum atomic E-state index is -0.187. The number of carbonyl (C=O) groups excluding carboxylic acids is 1. The molecule has 0 radical (unpaired) electrons. The van der Waals surface area contributed by atoms with Gasteiger partial charge in [-0.2, -0.15) is 0 Å². The zero-order chi connectivity index (χ0) is 25.1. The van der Waals surface area contributed by atoms with Crippen LogP contribution in [0.2, 0.25) is 0 Å². The highest BCUT2D eigenvalue weighted by Crippen LogP contribution is 2.44. The molecule has 1 amide bonds. The Hall–Kier alpha value is -2.80. The maximum Gasteiger partial charge on any atom is 0.222 e. The maximum absolute atomic E-state index is 12.5. The maximum atomic E-state index is 12.5. The number of carbonyl (C=O) groups is 1. The number of hydrogen-bond acceptors (Lipinski definition) is 5. The van der Waals surface area contributed by atoms with Gasteiger partial charge >= 0.3 is 0 Å². The third kappa shape index (κ3) is 4.90. The summed E-state index contributed by atoms with van der Waals surface area (Å²) in [4.78, 5) is 16.2. The van der Waals surface area contributed by atoms with Crippen LogP contribution in [0.15, 0.2) is 83.8 Å². The highest BCUT2D eigenvalue weighted by Gasteiger charge is 2.51. The van der Waals surface area contributed by atoms with Gasteiger partial charge < -0.3 is 15.8 Å². The summed E-state index contributed by atoms with van der Waals surface area (Å²) in [7, 11) is 1.72. The Morgan fingerprint density at radius 3 is 2.33 bits per heavy atom. The molecule has 6 heteroatoms. The third-order valence-electron chi connectivity index (χ3n) is 7.99. The fraction of sp³-hybridized carbons (Fsp3) is 0.367. The van der Waals surface area contributed by atoms with Crippen molar-refractivity contribution in [2.45, 2.75) is 35.9 Å². The van der Waals surface area contributed by atoms with Gasteiger partial charge in [-0.15, -0.1) is 11.8 Å². The molecule has 0 aliphatic carbocycles. The molecule has 3 N–H and O–H groups in total. The van der Waals surface area contributed by atoms with E-state index in [4.69, 9.17) is 10.5 Å². The van der Waals surface area contributed by atoms with Crippen molar-refractivity contribution < 1.29 is 9.53 Å². The Morgan fingerprint density at radius 2 is 1.75 bits per heavy atom. The number of ether oxygens (including phenoxy) is 1. The van der Waals surface area contributed by atoms with Crippen LogP contribution in [0, 0.1) is 11.8 Å². The second kappa shape index (κ2) is 11.1. The lowest BCUT2D eigenvalue weighted by Gasteiger charge is -2.56. The Kier molecular flexibility index (Phi) is 7.65. The first-order valence-electron chi connectivity index (χ1n) is 12.7. The van der Waals surface area contributed by atoms with Crippen LogP contribution < -0.4 is 15.8 Å². The van der Waals surface area contributed by atoms with Crippen molar-refractivity contribution in [2.75, 3.05) is 26.5 Å². The summed E-state index contributed by atoms with van der Waals surface area (Å²) >= 11 is 1.73. The van der Waals surface area contributed by atoms with E-state index >= 15 is 0 Å². The van der Waals surface area contributed by atoms with Crippen molar-refractivity contribution in [3.8, 4) is 5.75 Å². The third-order valence-corrected chi connectivity index (χ3v) is 8.71. The Labute approximate surface area is 218 Å². The van der Waals surface area contributed by atoms with Crippen molar-refractivity contribution in [1.82, 2.24) is 10.2 Å². The summed E-state index contributed by atoms with van der Waals surface area (Å²) in [6, 6.07) is 28.2. The van der Waals surface area contributed by atoms with E-state index in [-0.39, 0.29) is 35.7 Å². The van der Waals surface area contributed by atoms with Crippen LogP contribution in [0.5, 0.6) is 5.75 Å². The largest absolute Gasteiger partial charge is 0.496 e. The zero-order valence-electron chi connectivity index (χ0n) is 21.0. The van der Waals surface area contributed by atoms with E-state index in [1.54, 1.807) is 18.9 Å². The highest BCUT2D eigenvalue weighted by molar-refractivity contribution is 7.98. The molecule has 5 atom stereocenters. The molecule has 3 aliphatic heterocycles. The summed E-state index contributed by atoms with van der Waals surface area (Å²) in [6.45, 7) is 2.38. The number of nitrogens with zero attached hydrogens (tertiary/aromatic N) is 1. The van der Waals surface area contributed by atoms with Gasteiger partial charge in [0.25, 0.3) is 0 Å². The number of piperidine rings is 3. The fourth-order valence-corrected chi connectivity index (χ4v) is 6.79. The summed E-state index contributed by atoms with van der Waals surface area (Å²) in [5.74, 6) is 0.933. The minimum Gasteiger partial charge on any atom is -0.496 e. The number of primary amides is 1. The molecular weight excluding hydrogens is 466 g/mol. The molecule has 0 aromatic heterocycles. The Morgan fingerprint density at radius 1 is 1.08 bits per heavy atom. The molecule has 5 nitrogen and oxygen atoms in total. The smallest absolute Gasteiger partial charge is 0.222 e. The van der Waals surface area contributed by atoms with Crippen molar-refractivity contribution in [2.24, 2.45) is 17.6 Å². The van der Waals surface area contributed by atoms with E-state index in [0.29, 0.717) is 6.54 Å². The molecule has 188 valence electrons. The van der Waals surface area contributed by atoms with Gasteiger partial charge in [0.05, 0.1) is 13.0 Å². The predicted octanol–water partition coefficient (Wildman–Crippen LogP) is 4.51. The standard InChI is InChI=1S/C30H35N3O2S/c1-35-26-14-13-23(36-2)17-22(26)18-32-28-24-15-16-33(19-25(24)30(31)34)29(28)27(20-9-5-3-6-10-20)21-11-7-4-8-12-21/h3-14,17,24-25,27-29,32H,15-16,18-19H2,1-2H3,(H2,31,34)/t24-,25-,28-,29+/m0/s1. The molecule has 36 heavy (non-hydrogen) atoms. The first kappa shape index (κ1) is 24.9. The van der Waals surface area contributed by atoms with Crippen molar-refractivity contribution >= 4 is 17.7 Å². The Bertz CT molecular complexity index is 1130. The summed E-state index contributed by atoms with van der Waals surface area (Å²) in [5, 5.41) is 3.91. The number of thioether (sulfide) groups is 1. The van der Waals surface area contributed by atoms with Crippen LogP contribution in [-0.2, 0) is 11.3 Å². The van der Waals surface area contributed by atoms with Crippen molar-refractivity contribution in [1.29, 1.82) is 0 Å². The summed E-state index contributed by atoms with van der Waals surface area (Å²) < 4.78 is 5.69. The fourth-order valence-electron chi connectivity index (χ4n) is 6.32. The molecular formula is C30H35N3O2S. The number of nitrogens with two attached hydrogens (primary N) is 1. The van der Waals surface area contributed by atoms with E-state index in [1.165, 1.54) is 16.0 Å². The van der Waals surface area contributed by atoms with Gasteiger partial charge in [0.15, 0.2) is 0 Å². The first-order valence-corrected chi connectivity index (χ1v) is 13.9. The lowest BCUT2D eigenvalue weighted by atomic mass is 9.66. The van der Waals surface area contributed by atoms with Gasteiger partial charge in [0.1, 0.15) is 5.75 Å². The van der Waals surface area contributed by atoms with Gasteiger partial charge in [0, 0.05) is 41.6 Å². The van der Waals surface area contributed by atoms with Crippen LogP contribution >= 0.6 is 11.8 Å². The van der Waals surface area contributed by atoms with Gasteiger partial charge in [-0.05, 0) is 54.5 Å². The van der Waals surface area contributed by atoms with Gasteiger partial charge in [-0.25, -0.2) is 0 Å². The lowest BCUT2D eigenvalue weighted by molar-refractivity contribution is -0.132. The quantitative estimate of drug-likeness (QED) is 0.422. The van der Waals surface area contributed by atoms with E-state index in [2.05, 4.69) is 89.3 Å². The van der Waals surface area contributed by atoms with E-state index in [9.17, 15) is 4.79 Å². The van der Waals surface area contributed by atoms with Gasteiger partial charge in [-0.1, -0.05) is 60.7 Å². The van der Waals surface area contributed by atoms with Crippen molar-refractivity contribution in [3.05, 3.63) is 95.6 Å². The molecule has 3 fully saturated rings. The van der Waals surface area contributed by atoms with Crippen LogP contribution in [0.25, 0.3) is 0 Å². The molecule has 3 aliphatic rings. The number of fused-ring (bicyclic) bond motifs is 3. The second-order valence-corrected chi connectivity index (χ2v) is 10.7. The lowest BCUT2D eigenvalue weighted by Crippen LogP contribution is -2.68. The van der Waals surface area contributed by atoms with Crippen LogP contribution in [0.1, 0.15) is 29.0 Å². The predicted molar refractivity (Wildman–Crippen MR) is 146 cm³/mol. The molecule has 3 heterocycles. The topological polar surface area (TPSA) is 67.6 Å².